The minimum absolute atomic E-state index is 0.0579. The Hall–Kier alpha value is -5.26. The van der Waals surface area contributed by atoms with E-state index in [1.54, 1.807) is 5.56 Å². The van der Waals surface area contributed by atoms with Crippen LogP contribution in [-0.2, 0) is 5.41 Å². The van der Waals surface area contributed by atoms with Crippen LogP contribution in [-0.4, -0.2) is 4.98 Å². The second-order valence-electron chi connectivity index (χ2n) is 14.7. The van der Waals surface area contributed by atoms with E-state index in [9.17, 15) is 0 Å². The largest absolute Gasteiger partial charge is 0.248 e. The number of para-hydroxylation sites is 1. The molecule has 0 N–H and O–H groups in total. The molecular formula is C46H36N2. The number of pyridine rings is 1. The van der Waals surface area contributed by atoms with E-state index in [1.165, 1.54) is 65.5 Å². The van der Waals surface area contributed by atoms with E-state index in [1.807, 2.05) is 12.1 Å². The molecule has 0 amide bonds. The van der Waals surface area contributed by atoms with Gasteiger partial charge >= 0.3 is 0 Å². The van der Waals surface area contributed by atoms with Crippen LogP contribution in [0.4, 0.5) is 5.69 Å². The first-order chi connectivity index (χ1) is 23.7. The summed E-state index contributed by atoms with van der Waals surface area (Å²) in [7, 11) is 0. The third-order valence-electron chi connectivity index (χ3n) is 12.3. The van der Waals surface area contributed by atoms with Crippen molar-refractivity contribution in [3.05, 3.63) is 156 Å². The predicted molar refractivity (Wildman–Crippen MR) is 196 cm³/mol. The molecule has 1 aromatic heterocycles. The second-order valence-corrected chi connectivity index (χ2v) is 14.7. The lowest BCUT2D eigenvalue weighted by Gasteiger charge is -2.61. The van der Waals surface area contributed by atoms with Crippen molar-refractivity contribution in [2.45, 2.75) is 37.5 Å². The van der Waals surface area contributed by atoms with Gasteiger partial charge in [-0.2, -0.15) is 0 Å². The predicted octanol–water partition coefficient (Wildman–Crippen LogP) is 12.0. The number of hydrogen-bond acceptors (Lipinski definition) is 1. The van der Waals surface area contributed by atoms with Gasteiger partial charge in [0, 0.05) is 16.5 Å². The van der Waals surface area contributed by atoms with E-state index < -0.39 is 0 Å². The van der Waals surface area contributed by atoms with E-state index >= 15 is 0 Å². The first-order valence-corrected chi connectivity index (χ1v) is 17.6. The lowest BCUT2D eigenvalue weighted by molar-refractivity contribution is -0.0399. The fraction of sp³-hybridized carbons (Fsp3) is 0.217. The molecule has 5 aromatic carbocycles. The van der Waals surface area contributed by atoms with Crippen LogP contribution in [0.5, 0.6) is 0 Å². The molecule has 4 bridgehead atoms. The topological polar surface area (TPSA) is 17.2 Å². The molecule has 0 unspecified atom stereocenters. The Morgan fingerprint density at radius 2 is 1.08 bits per heavy atom. The van der Waals surface area contributed by atoms with Gasteiger partial charge in [0.05, 0.1) is 18.0 Å². The summed E-state index contributed by atoms with van der Waals surface area (Å²) in [6.07, 6.45) is 6.84. The molecule has 48 heavy (non-hydrogen) atoms. The van der Waals surface area contributed by atoms with Gasteiger partial charge in [-0.25, -0.2) is 9.83 Å². The Balaban J connectivity index is 1.18. The maximum atomic E-state index is 7.88. The summed E-state index contributed by atoms with van der Waals surface area (Å²) in [6, 6.07) is 48.3. The molecule has 6 aromatic rings. The minimum atomic E-state index is 0.0579. The molecule has 4 fully saturated rings. The van der Waals surface area contributed by atoms with E-state index in [4.69, 9.17) is 11.6 Å². The molecule has 1 heterocycles. The minimum Gasteiger partial charge on any atom is -0.248 e. The zero-order chi connectivity index (χ0) is 31.8. The average molecular weight is 617 g/mol. The van der Waals surface area contributed by atoms with Crippen molar-refractivity contribution in [2.75, 3.05) is 0 Å². The summed E-state index contributed by atoms with van der Waals surface area (Å²) in [6.45, 7) is 7.88. The number of nitrogens with zero attached hydrogens (tertiary/aromatic N) is 2. The number of aromatic nitrogens is 1. The van der Waals surface area contributed by atoms with E-state index in [0.29, 0.717) is 11.8 Å². The van der Waals surface area contributed by atoms with Gasteiger partial charge in [0.1, 0.15) is 0 Å². The van der Waals surface area contributed by atoms with Crippen LogP contribution in [0.25, 0.3) is 60.7 Å². The lowest BCUT2D eigenvalue weighted by atomic mass is 9.43. The summed E-state index contributed by atoms with van der Waals surface area (Å²) >= 11 is 0. The maximum absolute atomic E-state index is 7.88. The Labute approximate surface area is 283 Å². The van der Waals surface area contributed by atoms with Gasteiger partial charge in [-0.1, -0.05) is 115 Å². The average Bonchev–Trinajstić information content (AvgIpc) is 3.43. The molecule has 11 rings (SSSR count). The van der Waals surface area contributed by atoms with Gasteiger partial charge in [0.15, 0.2) is 5.69 Å². The normalized spacial score (nSPS) is 24.3. The third kappa shape index (κ3) is 4.07. The zero-order valence-electron chi connectivity index (χ0n) is 26.9. The molecule has 0 radical (unpaired) electrons. The van der Waals surface area contributed by atoms with Crippen LogP contribution in [0, 0.1) is 30.2 Å². The monoisotopic (exact) mass is 616 g/mol. The lowest BCUT2D eigenvalue weighted by Crippen LogP contribution is -2.55. The van der Waals surface area contributed by atoms with Crippen LogP contribution in [0.3, 0.4) is 0 Å². The van der Waals surface area contributed by atoms with Crippen molar-refractivity contribution in [1.29, 1.82) is 0 Å². The molecule has 0 aliphatic heterocycles. The van der Waals surface area contributed by atoms with Crippen molar-refractivity contribution >= 4 is 5.69 Å². The molecule has 2 nitrogen and oxygen atoms in total. The standard InChI is InChI=1S/C46H36N2/c1-47-43-15-9-8-14-38(43)34-16-18-39-40-25-33(17-19-41(40)46(42(39)26-34)36-21-29-20-30(23-36)24-37(46)22-29)35-27-44(31-10-4-2-5-11-31)48-45(28-35)32-12-6-3-7-13-32/h2-19,25-30,36-37H,20-24H2. The van der Waals surface area contributed by atoms with Crippen molar-refractivity contribution in [3.8, 4) is 55.9 Å². The fourth-order valence-electron chi connectivity index (χ4n) is 10.6. The molecule has 0 saturated heterocycles. The summed E-state index contributed by atoms with van der Waals surface area (Å²) in [4.78, 5) is 9.06. The number of rotatable bonds is 4. The highest BCUT2D eigenvalue weighted by molar-refractivity contribution is 5.89. The smallest absolute Gasteiger partial charge is 0.194 e. The number of hydrogen-bond donors (Lipinski definition) is 0. The molecule has 2 heteroatoms. The van der Waals surface area contributed by atoms with Gasteiger partial charge in [0.25, 0.3) is 0 Å². The van der Waals surface area contributed by atoms with Crippen LogP contribution >= 0.6 is 0 Å². The number of fused-ring (bicyclic) bond motifs is 3. The SMILES string of the molecule is [C-]#[N+]c1ccccc1-c1ccc2c(c1)C1(c3ccc(-c4cc(-c5ccccc5)nc(-c5ccccc5)c4)cc3-2)C2CC3CC(C2)CC1C3. The Morgan fingerprint density at radius 3 is 1.73 bits per heavy atom. The molecular weight excluding hydrogens is 581 g/mol. The highest BCUT2D eigenvalue weighted by atomic mass is 14.7. The van der Waals surface area contributed by atoms with Gasteiger partial charge in [-0.15, -0.1) is 0 Å². The van der Waals surface area contributed by atoms with Gasteiger partial charge in [-0.3, -0.25) is 0 Å². The van der Waals surface area contributed by atoms with Crippen molar-refractivity contribution in [3.63, 3.8) is 0 Å². The van der Waals surface area contributed by atoms with E-state index in [2.05, 4.69) is 126 Å². The first kappa shape index (κ1) is 27.8. The van der Waals surface area contributed by atoms with Gasteiger partial charge in [0.2, 0.25) is 0 Å². The Morgan fingerprint density at radius 1 is 0.479 bits per heavy atom. The Bertz CT molecular complexity index is 2170. The van der Waals surface area contributed by atoms with Crippen molar-refractivity contribution in [2.24, 2.45) is 23.7 Å². The van der Waals surface area contributed by atoms with Crippen LogP contribution in [0.15, 0.2) is 133 Å². The summed E-state index contributed by atoms with van der Waals surface area (Å²) in [5, 5.41) is 0. The molecule has 4 saturated carbocycles. The molecule has 230 valence electrons. The molecule has 0 atom stereocenters. The third-order valence-corrected chi connectivity index (χ3v) is 12.3. The van der Waals surface area contributed by atoms with Gasteiger partial charge < -0.3 is 0 Å². The Kier molecular flexibility index (Phi) is 6.16. The van der Waals surface area contributed by atoms with Crippen LogP contribution in [0.2, 0.25) is 0 Å². The zero-order valence-corrected chi connectivity index (χ0v) is 26.9. The second kappa shape index (κ2) is 10.6. The van der Waals surface area contributed by atoms with Gasteiger partial charge in [-0.05, 0) is 118 Å². The van der Waals surface area contributed by atoms with Crippen LogP contribution in [0.1, 0.15) is 43.2 Å². The quantitative estimate of drug-likeness (QED) is 0.180. The molecule has 5 aliphatic rings. The van der Waals surface area contributed by atoms with E-state index in [0.717, 1.165) is 45.6 Å². The highest BCUT2D eigenvalue weighted by Crippen LogP contribution is 2.69. The summed E-state index contributed by atoms with van der Waals surface area (Å²) in [5.41, 5.74) is 15.5. The van der Waals surface area contributed by atoms with Crippen molar-refractivity contribution in [1.82, 2.24) is 4.98 Å². The van der Waals surface area contributed by atoms with Crippen molar-refractivity contribution < 1.29 is 0 Å². The van der Waals surface area contributed by atoms with Crippen LogP contribution < -0.4 is 0 Å². The summed E-state index contributed by atoms with van der Waals surface area (Å²) in [5.74, 6) is 3.14. The first-order valence-electron chi connectivity index (χ1n) is 17.6. The molecule has 5 aliphatic carbocycles. The molecule has 1 spiro atoms. The maximum Gasteiger partial charge on any atom is 0.194 e. The fourth-order valence-corrected chi connectivity index (χ4v) is 10.6. The van der Waals surface area contributed by atoms with E-state index in [-0.39, 0.29) is 5.41 Å². The highest BCUT2D eigenvalue weighted by Gasteiger charge is 2.61. The number of benzene rings is 5. The summed E-state index contributed by atoms with van der Waals surface area (Å²) < 4.78 is 0.